The summed E-state index contributed by atoms with van der Waals surface area (Å²) in [6, 6.07) is 0. The Bertz CT molecular complexity index is 497. The number of rotatable bonds is 13. The number of ether oxygens (including phenoxy) is 2. The lowest BCUT2D eigenvalue weighted by molar-refractivity contribution is -0.147. The average Bonchev–Trinajstić information content (AvgIpc) is 2.69. The van der Waals surface area contributed by atoms with Gasteiger partial charge in [0.1, 0.15) is 0 Å². The molecule has 0 aliphatic carbocycles. The van der Waals surface area contributed by atoms with Crippen LogP contribution >= 0.6 is 0 Å². The molecule has 0 atom stereocenters. The number of nitrogens with zero attached hydrogens (tertiary/aromatic N) is 2. The van der Waals surface area contributed by atoms with Crippen LogP contribution in [-0.2, 0) is 19.1 Å². The van der Waals surface area contributed by atoms with Gasteiger partial charge in [-0.3, -0.25) is 14.5 Å². The molecule has 0 spiro atoms. The minimum Gasteiger partial charge on any atom is -0.466 e. The van der Waals surface area contributed by atoms with Gasteiger partial charge in [-0.1, -0.05) is 34.1 Å². The number of hydrogen-bond acceptors (Lipinski definition) is 6. The summed E-state index contributed by atoms with van der Waals surface area (Å²) in [5.41, 5.74) is 0.247. The van der Waals surface area contributed by atoms with Crippen LogP contribution in [0.25, 0.3) is 0 Å². The SMILES string of the molecule is CCC(C)(C)CC(=O)OCCCCOC(=O)CCN1CCN(C(C)(C)CC)CC1. The second kappa shape index (κ2) is 12.5. The second-order valence-electron chi connectivity index (χ2n) is 9.59. The van der Waals surface area contributed by atoms with Crippen LogP contribution < -0.4 is 0 Å². The fraction of sp³-hybridized carbons (Fsp3) is 0.913. The maximum absolute atomic E-state index is 11.9. The minimum absolute atomic E-state index is 0.00847. The van der Waals surface area contributed by atoms with Crippen molar-refractivity contribution in [2.45, 2.75) is 85.6 Å². The monoisotopic (exact) mass is 412 g/mol. The quantitative estimate of drug-likeness (QED) is 0.338. The predicted molar refractivity (Wildman–Crippen MR) is 117 cm³/mol. The number of esters is 2. The van der Waals surface area contributed by atoms with Crippen molar-refractivity contribution < 1.29 is 19.1 Å². The summed E-state index contributed by atoms with van der Waals surface area (Å²) in [7, 11) is 0. The topological polar surface area (TPSA) is 59.1 Å². The summed E-state index contributed by atoms with van der Waals surface area (Å²) in [6.07, 6.45) is 4.43. The minimum atomic E-state index is -0.142. The molecule has 1 fully saturated rings. The van der Waals surface area contributed by atoms with Gasteiger partial charge in [0.05, 0.1) is 26.1 Å². The van der Waals surface area contributed by atoms with Crippen LogP contribution in [0, 0.1) is 5.41 Å². The molecule has 1 saturated heterocycles. The predicted octanol–water partition coefficient (Wildman–Crippen LogP) is 3.88. The zero-order chi connectivity index (χ0) is 21.9. The summed E-state index contributed by atoms with van der Waals surface area (Å²) in [4.78, 5) is 28.6. The van der Waals surface area contributed by atoms with E-state index in [1.165, 1.54) is 0 Å². The van der Waals surface area contributed by atoms with E-state index in [9.17, 15) is 9.59 Å². The highest BCUT2D eigenvalue weighted by Gasteiger charge is 2.28. The molecule has 0 bridgehead atoms. The Hall–Kier alpha value is -1.14. The Morgan fingerprint density at radius 3 is 1.90 bits per heavy atom. The molecule has 0 N–H and O–H groups in total. The molecule has 0 radical (unpaired) electrons. The number of unbranched alkanes of at least 4 members (excludes halogenated alkanes) is 1. The maximum atomic E-state index is 11.9. The summed E-state index contributed by atoms with van der Waals surface area (Å²) < 4.78 is 10.6. The Balaban J connectivity index is 2.05. The molecule has 0 amide bonds. The van der Waals surface area contributed by atoms with Crippen molar-refractivity contribution in [2.75, 3.05) is 45.9 Å². The molecule has 6 heteroatoms. The van der Waals surface area contributed by atoms with Crippen LogP contribution in [0.1, 0.15) is 80.1 Å². The van der Waals surface area contributed by atoms with E-state index >= 15 is 0 Å². The van der Waals surface area contributed by atoms with Crippen molar-refractivity contribution in [3.05, 3.63) is 0 Å². The van der Waals surface area contributed by atoms with E-state index < -0.39 is 0 Å². The van der Waals surface area contributed by atoms with Crippen molar-refractivity contribution in [1.82, 2.24) is 9.80 Å². The molecule has 1 rings (SSSR count). The van der Waals surface area contributed by atoms with Crippen molar-refractivity contribution in [2.24, 2.45) is 5.41 Å². The molecule has 0 aromatic heterocycles. The third-order valence-corrected chi connectivity index (χ3v) is 6.37. The van der Waals surface area contributed by atoms with Gasteiger partial charge in [0.2, 0.25) is 0 Å². The summed E-state index contributed by atoms with van der Waals surface area (Å²) in [5, 5.41) is 0. The highest BCUT2D eigenvalue weighted by atomic mass is 16.5. The largest absolute Gasteiger partial charge is 0.466 e. The molecule has 6 nitrogen and oxygen atoms in total. The lowest BCUT2D eigenvalue weighted by Gasteiger charge is -2.43. The van der Waals surface area contributed by atoms with E-state index in [0.717, 1.165) is 58.4 Å². The van der Waals surface area contributed by atoms with Crippen LogP contribution in [0.15, 0.2) is 0 Å². The fourth-order valence-electron chi connectivity index (χ4n) is 3.26. The van der Waals surface area contributed by atoms with Crippen molar-refractivity contribution in [3.63, 3.8) is 0 Å². The maximum Gasteiger partial charge on any atom is 0.307 e. The van der Waals surface area contributed by atoms with Gasteiger partial charge in [0.25, 0.3) is 0 Å². The lowest BCUT2D eigenvalue weighted by Crippen LogP contribution is -2.54. The Morgan fingerprint density at radius 1 is 0.828 bits per heavy atom. The Labute approximate surface area is 178 Å². The first-order valence-electron chi connectivity index (χ1n) is 11.4. The van der Waals surface area contributed by atoms with Crippen LogP contribution in [0.3, 0.4) is 0 Å². The van der Waals surface area contributed by atoms with Crippen LogP contribution in [0.4, 0.5) is 0 Å². The number of carbonyl (C=O) groups is 2. The average molecular weight is 413 g/mol. The molecule has 170 valence electrons. The van der Waals surface area contributed by atoms with Crippen LogP contribution in [-0.4, -0.2) is 73.2 Å². The summed E-state index contributed by atoms with van der Waals surface area (Å²) in [6.45, 7) is 18.8. The number of carbonyl (C=O) groups excluding carboxylic acids is 2. The molecule has 29 heavy (non-hydrogen) atoms. The highest BCUT2D eigenvalue weighted by Crippen LogP contribution is 2.24. The smallest absolute Gasteiger partial charge is 0.307 e. The summed E-state index contributed by atoms with van der Waals surface area (Å²) >= 11 is 0. The van der Waals surface area contributed by atoms with E-state index in [1.807, 2.05) is 0 Å². The van der Waals surface area contributed by atoms with E-state index in [1.54, 1.807) is 0 Å². The molecule has 1 heterocycles. The van der Waals surface area contributed by atoms with E-state index in [0.29, 0.717) is 26.1 Å². The van der Waals surface area contributed by atoms with Gasteiger partial charge in [-0.2, -0.15) is 0 Å². The van der Waals surface area contributed by atoms with Crippen LogP contribution in [0.2, 0.25) is 0 Å². The first kappa shape index (κ1) is 25.9. The zero-order valence-electron chi connectivity index (χ0n) is 19.7. The van der Waals surface area contributed by atoms with Gasteiger partial charge in [-0.25, -0.2) is 0 Å². The van der Waals surface area contributed by atoms with Crippen LogP contribution in [0.5, 0.6) is 0 Å². The zero-order valence-corrected chi connectivity index (χ0v) is 19.7. The highest BCUT2D eigenvalue weighted by molar-refractivity contribution is 5.70. The first-order chi connectivity index (χ1) is 13.6. The van der Waals surface area contributed by atoms with Crippen molar-refractivity contribution >= 4 is 11.9 Å². The Morgan fingerprint density at radius 2 is 1.38 bits per heavy atom. The first-order valence-corrected chi connectivity index (χ1v) is 11.4. The Kier molecular flexibility index (Phi) is 11.2. The van der Waals surface area contributed by atoms with Crippen molar-refractivity contribution in [3.8, 4) is 0 Å². The lowest BCUT2D eigenvalue weighted by atomic mass is 9.87. The molecule has 0 aromatic carbocycles. The van der Waals surface area contributed by atoms with Gasteiger partial charge in [-0.05, 0) is 38.5 Å². The third kappa shape index (κ3) is 10.4. The third-order valence-electron chi connectivity index (χ3n) is 6.37. The fourth-order valence-corrected chi connectivity index (χ4v) is 3.26. The number of hydrogen-bond donors (Lipinski definition) is 0. The van der Waals surface area contributed by atoms with E-state index in [2.05, 4.69) is 51.3 Å². The van der Waals surface area contributed by atoms with Gasteiger partial charge < -0.3 is 14.4 Å². The molecular formula is C23H44N2O4. The van der Waals surface area contributed by atoms with Crippen molar-refractivity contribution in [1.29, 1.82) is 0 Å². The molecule has 1 aliphatic heterocycles. The molecule has 0 aromatic rings. The normalized spacial score (nSPS) is 16.6. The molecule has 0 saturated carbocycles. The van der Waals surface area contributed by atoms with Gasteiger partial charge >= 0.3 is 11.9 Å². The molecule has 0 unspecified atom stereocenters. The van der Waals surface area contributed by atoms with Gasteiger partial charge in [0, 0.05) is 38.3 Å². The standard InChI is InChI=1S/C23H44N2O4/c1-7-22(3,4)19-21(27)29-18-10-9-17-28-20(26)11-12-24-13-15-25(16-14-24)23(5,6)8-2/h7-19H2,1-6H3. The summed E-state index contributed by atoms with van der Waals surface area (Å²) in [5.74, 6) is -0.278. The molecular weight excluding hydrogens is 368 g/mol. The number of piperazine rings is 1. The van der Waals surface area contributed by atoms with Gasteiger partial charge in [-0.15, -0.1) is 0 Å². The van der Waals surface area contributed by atoms with Gasteiger partial charge in [0.15, 0.2) is 0 Å². The van der Waals surface area contributed by atoms with E-state index in [4.69, 9.17) is 9.47 Å². The second-order valence-corrected chi connectivity index (χ2v) is 9.59. The molecule has 1 aliphatic rings. The van der Waals surface area contributed by atoms with E-state index in [-0.39, 0.29) is 22.9 Å².